The molecule has 5 nitrogen and oxygen atoms in total. The summed E-state index contributed by atoms with van der Waals surface area (Å²) < 4.78 is 41.8. The van der Waals surface area contributed by atoms with Crippen molar-refractivity contribution in [3.63, 3.8) is 0 Å². The number of aryl methyl sites for hydroxylation is 1. The van der Waals surface area contributed by atoms with Crippen LogP contribution in [0.25, 0.3) is 17.3 Å². The maximum atomic E-state index is 12.4. The van der Waals surface area contributed by atoms with E-state index in [4.69, 9.17) is 0 Å². The molecule has 134 valence electrons. The van der Waals surface area contributed by atoms with Gasteiger partial charge in [-0.3, -0.25) is 0 Å². The van der Waals surface area contributed by atoms with Crippen molar-refractivity contribution in [2.45, 2.75) is 19.5 Å². The second kappa shape index (κ2) is 7.01. The van der Waals surface area contributed by atoms with Crippen LogP contribution in [0.4, 0.5) is 18.9 Å². The molecule has 0 fully saturated rings. The molecular weight excluding hydrogens is 347 g/mol. The number of fused-ring (bicyclic) bond motifs is 1. The standard InChI is InChI=1S/C18H14F3N3O2/c1-2-11-3-5-12(6-4-11)15-14(9-25)22-7-13-8-23-17(24-16(13)15)26-10-18(19,20)21/h3-8H,2,10H2,1H3,(H,23,24). The zero-order chi connectivity index (χ0) is 18.7. The number of hydrogen-bond acceptors (Lipinski definition) is 5. The molecule has 1 aliphatic rings. The fourth-order valence-electron chi connectivity index (χ4n) is 2.51. The van der Waals surface area contributed by atoms with Crippen LogP contribution in [0.1, 0.15) is 12.5 Å². The number of halogens is 3. The molecule has 0 spiro atoms. The Balaban J connectivity index is 2.05. The first-order chi connectivity index (χ1) is 12.4. The molecule has 2 heterocycles. The molecule has 0 atom stereocenters. The fourth-order valence-corrected chi connectivity index (χ4v) is 2.51. The van der Waals surface area contributed by atoms with Gasteiger partial charge in [-0.2, -0.15) is 13.2 Å². The number of hydrogen-bond donors (Lipinski definition) is 1. The van der Waals surface area contributed by atoms with Gasteiger partial charge >= 0.3 is 6.18 Å². The largest absolute Gasteiger partial charge is 0.455 e. The van der Waals surface area contributed by atoms with Gasteiger partial charge in [0, 0.05) is 23.2 Å². The van der Waals surface area contributed by atoms with Crippen LogP contribution < -0.4 is 15.9 Å². The van der Waals surface area contributed by atoms with E-state index in [1.165, 1.54) is 12.4 Å². The Bertz CT molecular complexity index is 992. The van der Waals surface area contributed by atoms with Gasteiger partial charge in [0.15, 0.2) is 17.9 Å². The molecule has 0 amide bonds. The van der Waals surface area contributed by atoms with Gasteiger partial charge in [-0.05, 0) is 17.5 Å². The summed E-state index contributed by atoms with van der Waals surface area (Å²) in [4.78, 5) is 19.2. The summed E-state index contributed by atoms with van der Waals surface area (Å²) in [5.41, 5.74) is 2.62. The van der Waals surface area contributed by atoms with Crippen molar-refractivity contribution in [3.05, 3.63) is 46.6 Å². The Kier molecular flexibility index (Phi) is 4.77. The molecule has 26 heavy (non-hydrogen) atoms. The van der Waals surface area contributed by atoms with Crippen LogP contribution in [-0.2, 0) is 16.0 Å². The van der Waals surface area contributed by atoms with E-state index in [1.54, 1.807) is 5.94 Å². The van der Waals surface area contributed by atoms with Gasteiger partial charge in [-0.1, -0.05) is 31.2 Å². The topological polar surface area (TPSA) is 63.6 Å². The van der Waals surface area contributed by atoms with Crippen molar-refractivity contribution in [1.82, 2.24) is 4.98 Å². The maximum Gasteiger partial charge on any atom is 0.422 e. The number of aromatic nitrogens is 1. The third-order valence-corrected chi connectivity index (χ3v) is 3.78. The van der Waals surface area contributed by atoms with Gasteiger partial charge in [0.2, 0.25) is 0 Å². The van der Waals surface area contributed by atoms with Crippen molar-refractivity contribution < 1.29 is 22.7 Å². The highest BCUT2D eigenvalue weighted by Crippen LogP contribution is 2.23. The van der Waals surface area contributed by atoms with E-state index < -0.39 is 12.8 Å². The molecule has 0 saturated carbocycles. The number of ether oxygens (including phenoxy) is 1. The van der Waals surface area contributed by atoms with Crippen molar-refractivity contribution in [2.24, 2.45) is 4.99 Å². The quantitative estimate of drug-likeness (QED) is 0.907. The molecule has 0 unspecified atom stereocenters. The first-order valence-corrected chi connectivity index (χ1v) is 7.79. The third kappa shape index (κ3) is 3.75. The SMILES string of the molecule is CCc1ccc(-c2c3c(cnc2=C=O)=CN=C(OCC(F)(F)F)N3)cc1. The number of carbonyl (C=O) groups excluding carboxylic acids is 1. The molecule has 1 N–H and O–H groups in total. The summed E-state index contributed by atoms with van der Waals surface area (Å²) in [5.74, 6) is 1.77. The maximum absolute atomic E-state index is 12.4. The van der Waals surface area contributed by atoms with Crippen LogP contribution in [0, 0.1) is 0 Å². The lowest BCUT2D eigenvalue weighted by atomic mass is 10.0. The van der Waals surface area contributed by atoms with Crippen molar-refractivity contribution in [2.75, 3.05) is 11.9 Å². The molecule has 0 aliphatic carbocycles. The van der Waals surface area contributed by atoms with E-state index in [-0.39, 0.29) is 11.4 Å². The lowest BCUT2D eigenvalue weighted by molar-refractivity contribution is -0.156. The number of pyridine rings is 1. The molecule has 8 heteroatoms. The average molecular weight is 361 g/mol. The summed E-state index contributed by atoms with van der Waals surface area (Å²) in [6.45, 7) is 0.545. The summed E-state index contributed by atoms with van der Waals surface area (Å²) in [6.07, 6.45) is -0.894. The Morgan fingerprint density at radius 1 is 1.23 bits per heavy atom. The Hall–Kier alpha value is -3.12. The number of aliphatic imine (C=N–C) groups is 1. The van der Waals surface area contributed by atoms with Crippen LogP contribution in [0.15, 0.2) is 35.5 Å². The molecule has 0 radical (unpaired) electrons. The first kappa shape index (κ1) is 17.7. The average Bonchev–Trinajstić information content (AvgIpc) is 2.64. The van der Waals surface area contributed by atoms with Gasteiger partial charge in [-0.25, -0.2) is 14.8 Å². The zero-order valence-electron chi connectivity index (χ0n) is 13.7. The van der Waals surface area contributed by atoms with Gasteiger partial charge in [0.25, 0.3) is 6.02 Å². The van der Waals surface area contributed by atoms with E-state index in [0.717, 1.165) is 12.0 Å². The smallest absolute Gasteiger partial charge is 0.422 e. The van der Waals surface area contributed by atoms with Crippen LogP contribution >= 0.6 is 0 Å². The summed E-state index contributed by atoms with van der Waals surface area (Å²) >= 11 is 0. The third-order valence-electron chi connectivity index (χ3n) is 3.78. The van der Waals surface area contributed by atoms with Crippen molar-refractivity contribution >= 4 is 23.9 Å². The van der Waals surface area contributed by atoms with Gasteiger partial charge in [0.05, 0.1) is 5.69 Å². The van der Waals surface area contributed by atoms with E-state index in [1.807, 2.05) is 31.2 Å². The Labute approximate surface area is 146 Å². The minimum absolute atomic E-state index is 0.0472. The number of anilines is 1. The second-order valence-corrected chi connectivity index (χ2v) is 5.56. The van der Waals surface area contributed by atoms with Crippen LogP contribution in [0.3, 0.4) is 0 Å². The van der Waals surface area contributed by atoms with Gasteiger partial charge in [0.1, 0.15) is 0 Å². The highest BCUT2D eigenvalue weighted by atomic mass is 19.4. The molecule has 0 bridgehead atoms. The number of nitrogens with one attached hydrogen (secondary N) is 1. The summed E-state index contributed by atoms with van der Waals surface area (Å²) in [6, 6.07) is 7.15. The van der Waals surface area contributed by atoms with Crippen LogP contribution in [0.5, 0.6) is 0 Å². The lowest BCUT2D eigenvalue weighted by Gasteiger charge is -2.18. The summed E-state index contributed by atoms with van der Waals surface area (Å²) in [5, 5.41) is 3.29. The predicted octanol–water partition coefficient (Wildman–Crippen LogP) is 1.91. The fraction of sp³-hybridized carbons (Fsp3) is 0.222. The number of alkyl halides is 3. The van der Waals surface area contributed by atoms with Crippen LogP contribution in [-0.4, -0.2) is 29.7 Å². The van der Waals surface area contributed by atoms with E-state index in [9.17, 15) is 18.0 Å². The first-order valence-electron chi connectivity index (χ1n) is 7.79. The number of nitrogens with zero attached hydrogens (tertiary/aromatic N) is 2. The van der Waals surface area contributed by atoms with E-state index in [0.29, 0.717) is 22.0 Å². The second-order valence-electron chi connectivity index (χ2n) is 5.56. The number of rotatable bonds is 3. The van der Waals surface area contributed by atoms with Crippen molar-refractivity contribution in [1.29, 1.82) is 0 Å². The van der Waals surface area contributed by atoms with Gasteiger partial charge in [-0.15, -0.1) is 0 Å². The monoisotopic (exact) mass is 361 g/mol. The lowest BCUT2D eigenvalue weighted by Crippen LogP contribution is -2.31. The highest BCUT2D eigenvalue weighted by molar-refractivity contribution is 5.98. The Morgan fingerprint density at radius 3 is 2.58 bits per heavy atom. The van der Waals surface area contributed by atoms with Gasteiger partial charge < -0.3 is 10.1 Å². The Morgan fingerprint density at radius 2 is 1.96 bits per heavy atom. The molecule has 1 aromatic heterocycles. The van der Waals surface area contributed by atoms with Crippen molar-refractivity contribution in [3.8, 4) is 11.1 Å². The minimum Gasteiger partial charge on any atom is -0.455 e. The minimum atomic E-state index is -4.48. The van der Waals surface area contributed by atoms with Crippen LogP contribution in [0.2, 0.25) is 0 Å². The molecule has 3 rings (SSSR count). The zero-order valence-corrected chi connectivity index (χ0v) is 13.7. The predicted molar refractivity (Wildman–Crippen MR) is 90.6 cm³/mol. The normalized spacial score (nSPS) is 13.0. The molecular formula is C18H14F3N3O2. The molecule has 2 aromatic rings. The van der Waals surface area contributed by atoms with E-state index in [2.05, 4.69) is 20.0 Å². The molecule has 1 aliphatic heterocycles. The summed E-state index contributed by atoms with van der Waals surface area (Å²) in [7, 11) is 0. The molecule has 0 saturated heterocycles. The van der Waals surface area contributed by atoms with E-state index >= 15 is 0 Å². The highest BCUT2D eigenvalue weighted by Gasteiger charge is 2.29. The number of benzene rings is 1. The molecule has 1 aromatic carbocycles. The number of amidine groups is 1.